The zero-order chi connectivity index (χ0) is 20.9. The number of hydrogen-bond donors (Lipinski definition) is 0. The largest absolute Gasteiger partial charge is 0.495 e. The standard InChI is InChI=1S/C17H17ClN2O7S/c1-3-27-17(21)11-19(28(24,25)14-7-4-12(18)5-8-14)15-10-13(20(22)23)6-9-16(15)26-2/h4-10H,3,11H2,1-2H3. The van der Waals surface area contributed by atoms with Gasteiger partial charge in [0, 0.05) is 17.2 Å². The summed E-state index contributed by atoms with van der Waals surface area (Å²) in [6.45, 7) is 0.917. The Kier molecular flexibility index (Phi) is 6.81. The molecule has 0 heterocycles. The van der Waals surface area contributed by atoms with Gasteiger partial charge in [-0.3, -0.25) is 19.2 Å². The van der Waals surface area contributed by atoms with Gasteiger partial charge in [-0.15, -0.1) is 0 Å². The van der Waals surface area contributed by atoms with Crippen molar-refractivity contribution in [3.05, 3.63) is 57.6 Å². The van der Waals surface area contributed by atoms with E-state index in [1.54, 1.807) is 6.92 Å². The second kappa shape index (κ2) is 8.89. The lowest BCUT2D eigenvalue weighted by molar-refractivity contribution is -0.384. The number of carbonyl (C=O) groups excluding carboxylic acids is 1. The number of nitro benzene ring substituents is 1. The molecule has 0 aliphatic rings. The molecule has 0 atom stereocenters. The van der Waals surface area contributed by atoms with Crippen LogP contribution in [0, 0.1) is 10.1 Å². The summed E-state index contributed by atoms with van der Waals surface area (Å²) in [5.41, 5.74) is -0.532. The summed E-state index contributed by atoms with van der Waals surface area (Å²) in [7, 11) is -3.01. The molecule has 0 fully saturated rings. The first-order chi connectivity index (χ1) is 13.2. The van der Waals surface area contributed by atoms with Crippen LogP contribution in [0.25, 0.3) is 0 Å². The van der Waals surface area contributed by atoms with Gasteiger partial charge in [-0.2, -0.15) is 0 Å². The fraction of sp³-hybridized carbons (Fsp3) is 0.235. The first-order valence-electron chi connectivity index (χ1n) is 7.97. The maximum absolute atomic E-state index is 13.2. The van der Waals surface area contributed by atoms with Crippen molar-refractivity contribution in [3.8, 4) is 5.75 Å². The summed E-state index contributed by atoms with van der Waals surface area (Å²) < 4.78 is 37.1. The topological polar surface area (TPSA) is 116 Å². The van der Waals surface area contributed by atoms with Crippen molar-refractivity contribution in [2.45, 2.75) is 11.8 Å². The first-order valence-corrected chi connectivity index (χ1v) is 9.78. The average molecular weight is 429 g/mol. The van der Waals surface area contributed by atoms with Gasteiger partial charge in [0.2, 0.25) is 0 Å². The molecule has 0 unspecified atom stereocenters. The van der Waals surface area contributed by atoms with Crippen LogP contribution < -0.4 is 9.04 Å². The van der Waals surface area contributed by atoms with E-state index in [0.29, 0.717) is 9.33 Å². The molecule has 0 aliphatic carbocycles. The van der Waals surface area contributed by atoms with E-state index in [-0.39, 0.29) is 28.6 Å². The van der Waals surface area contributed by atoms with Gasteiger partial charge in [0.1, 0.15) is 18.0 Å². The van der Waals surface area contributed by atoms with E-state index in [1.807, 2.05) is 0 Å². The van der Waals surface area contributed by atoms with Crippen molar-refractivity contribution in [1.82, 2.24) is 0 Å². The maximum atomic E-state index is 13.2. The number of sulfonamides is 1. The highest BCUT2D eigenvalue weighted by molar-refractivity contribution is 7.92. The van der Waals surface area contributed by atoms with Crippen LogP contribution >= 0.6 is 11.6 Å². The SMILES string of the molecule is CCOC(=O)CN(c1cc([N+](=O)[O-])ccc1OC)S(=O)(=O)c1ccc(Cl)cc1. The molecule has 0 N–H and O–H groups in total. The highest BCUT2D eigenvalue weighted by atomic mass is 35.5. The van der Waals surface area contributed by atoms with Gasteiger partial charge in [0.15, 0.2) is 0 Å². The Morgan fingerprint density at radius 2 is 1.86 bits per heavy atom. The zero-order valence-corrected chi connectivity index (χ0v) is 16.6. The number of rotatable bonds is 8. The molecule has 2 rings (SSSR count). The monoisotopic (exact) mass is 428 g/mol. The van der Waals surface area contributed by atoms with Crippen molar-refractivity contribution in [2.24, 2.45) is 0 Å². The minimum atomic E-state index is -4.29. The van der Waals surface area contributed by atoms with Crippen molar-refractivity contribution in [2.75, 3.05) is 24.6 Å². The lowest BCUT2D eigenvalue weighted by Crippen LogP contribution is -2.37. The summed E-state index contributed by atoms with van der Waals surface area (Å²) in [5, 5.41) is 11.5. The Labute approximate surface area is 166 Å². The molecule has 0 radical (unpaired) electrons. The number of anilines is 1. The third kappa shape index (κ3) is 4.70. The highest BCUT2D eigenvalue weighted by Crippen LogP contribution is 2.35. The summed E-state index contributed by atoms with van der Waals surface area (Å²) in [6.07, 6.45) is 0. The molecule has 28 heavy (non-hydrogen) atoms. The molecular formula is C17H17ClN2O7S. The number of benzene rings is 2. The highest BCUT2D eigenvalue weighted by Gasteiger charge is 2.31. The number of nitrogens with zero attached hydrogens (tertiary/aromatic N) is 2. The molecule has 0 aromatic heterocycles. The van der Waals surface area contributed by atoms with Gasteiger partial charge >= 0.3 is 5.97 Å². The summed E-state index contributed by atoms with van der Waals surface area (Å²) in [4.78, 5) is 22.4. The van der Waals surface area contributed by atoms with E-state index >= 15 is 0 Å². The molecule has 0 saturated carbocycles. The van der Waals surface area contributed by atoms with Crippen LogP contribution in [0.1, 0.15) is 6.92 Å². The zero-order valence-electron chi connectivity index (χ0n) is 15.0. The molecular weight excluding hydrogens is 412 g/mol. The molecule has 9 nitrogen and oxygen atoms in total. The van der Waals surface area contributed by atoms with E-state index in [2.05, 4.69) is 0 Å². The molecule has 0 spiro atoms. The molecule has 11 heteroatoms. The van der Waals surface area contributed by atoms with Crippen LogP contribution in [0.2, 0.25) is 5.02 Å². The average Bonchev–Trinajstić information content (AvgIpc) is 2.66. The van der Waals surface area contributed by atoms with Gasteiger partial charge in [-0.05, 0) is 37.3 Å². The van der Waals surface area contributed by atoms with Crippen molar-refractivity contribution < 1.29 is 27.6 Å². The number of carbonyl (C=O) groups is 1. The second-order valence-corrected chi connectivity index (χ2v) is 7.68. The molecule has 150 valence electrons. The molecule has 0 bridgehead atoms. The first kappa shape index (κ1) is 21.5. The number of esters is 1. The van der Waals surface area contributed by atoms with Crippen LogP contribution in [-0.2, 0) is 19.6 Å². The molecule has 0 aliphatic heterocycles. The Morgan fingerprint density at radius 3 is 2.39 bits per heavy atom. The number of methoxy groups -OCH3 is 1. The lowest BCUT2D eigenvalue weighted by Gasteiger charge is -2.25. The van der Waals surface area contributed by atoms with Crippen molar-refractivity contribution in [3.63, 3.8) is 0 Å². The normalized spacial score (nSPS) is 11.0. The minimum Gasteiger partial charge on any atom is -0.495 e. The third-order valence-corrected chi connectivity index (χ3v) is 5.65. The fourth-order valence-corrected chi connectivity index (χ4v) is 3.88. The number of non-ortho nitro benzene ring substituents is 1. The Hall–Kier alpha value is -2.85. The van der Waals surface area contributed by atoms with Crippen molar-refractivity contribution >= 4 is 39.0 Å². The summed E-state index contributed by atoms with van der Waals surface area (Å²) >= 11 is 5.81. The van der Waals surface area contributed by atoms with Crippen LogP contribution in [0.3, 0.4) is 0 Å². The fourth-order valence-electron chi connectivity index (χ4n) is 2.34. The van der Waals surface area contributed by atoms with E-state index in [4.69, 9.17) is 21.1 Å². The predicted octanol–water partition coefficient (Wildman–Crippen LogP) is 3.02. The Morgan fingerprint density at radius 1 is 1.21 bits per heavy atom. The van der Waals surface area contributed by atoms with Gasteiger partial charge < -0.3 is 9.47 Å². The third-order valence-electron chi connectivity index (χ3n) is 3.62. The van der Waals surface area contributed by atoms with E-state index in [0.717, 1.165) is 6.07 Å². The Balaban J connectivity index is 2.66. The molecule has 0 saturated heterocycles. The van der Waals surface area contributed by atoms with Gasteiger partial charge in [0.05, 0.1) is 23.5 Å². The van der Waals surface area contributed by atoms with Crippen LogP contribution in [0.5, 0.6) is 5.75 Å². The second-order valence-electron chi connectivity index (χ2n) is 5.38. The van der Waals surface area contributed by atoms with E-state index < -0.39 is 27.5 Å². The van der Waals surface area contributed by atoms with Gasteiger partial charge in [-0.25, -0.2) is 8.42 Å². The maximum Gasteiger partial charge on any atom is 0.326 e. The summed E-state index contributed by atoms with van der Waals surface area (Å²) in [5.74, 6) is -0.791. The van der Waals surface area contributed by atoms with Gasteiger partial charge in [-0.1, -0.05) is 11.6 Å². The van der Waals surface area contributed by atoms with Gasteiger partial charge in [0.25, 0.3) is 15.7 Å². The summed E-state index contributed by atoms with van der Waals surface area (Å²) in [6, 6.07) is 8.72. The molecule has 0 amide bonds. The quantitative estimate of drug-likeness (QED) is 0.360. The van der Waals surface area contributed by atoms with Crippen molar-refractivity contribution in [1.29, 1.82) is 0 Å². The van der Waals surface area contributed by atoms with E-state index in [9.17, 15) is 23.3 Å². The molecule has 2 aromatic carbocycles. The Bertz CT molecular complexity index is 978. The smallest absolute Gasteiger partial charge is 0.326 e. The van der Waals surface area contributed by atoms with Crippen LogP contribution in [0.4, 0.5) is 11.4 Å². The van der Waals surface area contributed by atoms with E-state index in [1.165, 1.54) is 43.5 Å². The number of hydrogen-bond acceptors (Lipinski definition) is 7. The lowest BCUT2D eigenvalue weighted by atomic mass is 10.2. The predicted molar refractivity (Wildman–Crippen MR) is 102 cm³/mol. The number of halogens is 1. The number of nitro groups is 1. The molecule has 2 aromatic rings. The van der Waals surface area contributed by atoms with Crippen LogP contribution in [-0.4, -0.2) is 39.6 Å². The minimum absolute atomic E-state index is 0.0347. The van der Waals surface area contributed by atoms with Crippen LogP contribution in [0.15, 0.2) is 47.4 Å². The number of ether oxygens (including phenoxy) is 2.